The molecule has 124 valence electrons. The van der Waals surface area contributed by atoms with Gasteiger partial charge in [0.15, 0.2) is 0 Å². The van der Waals surface area contributed by atoms with Crippen molar-refractivity contribution in [3.63, 3.8) is 0 Å². The van der Waals surface area contributed by atoms with Crippen LogP contribution in [0.15, 0.2) is 36.5 Å². The van der Waals surface area contributed by atoms with Crippen LogP contribution in [0.5, 0.6) is 0 Å². The second kappa shape index (κ2) is 5.85. The standard InChI is InChI=1S/C18H19N3O3/c22-14(20-13-3-1-2-9-19-13)8-10-21-17(23)15-11-4-5-12(7-6-11)16(15)18(21)24/h1-5,9,11-12,15-16H,6-8,10H2,(H,19,20,22). The molecule has 4 aliphatic rings. The fourth-order valence-corrected chi connectivity index (χ4v) is 4.21. The van der Waals surface area contributed by atoms with E-state index in [4.69, 9.17) is 0 Å². The lowest BCUT2D eigenvalue weighted by Gasteiger charge is -2.38. The summed E-state index contributed by atoms with van der Waals surface area (Å²) in [6.45, 7) is 0.142. The summed E-state index contributed by atoms with van der Waals surface area (Å²) in [5, 5.41) is 2.68. The molecule has 3 amide bonds. The Morgan fingerprint density at radius 2 is 1.79 bits per heavy atom. The summed E-state index contributed by atoms with van der Waals surface area (Å²) in [6.07, 6.45) is 7.84. The minimum atomic E-state index is -0.245. The van der Waals surface area contributed by atoms with Gasteiger partial charge >= 0.3 is 0 Å². The fourth-order valence-electron chi connectivity index (χ4n) is 4.21. The van der Waals surface area contributed by atoms with E-state index in [1.165, 1.54) is 4.90 Å². The Hall–Kier alpha value is -2.50. The first-order valence-electron chi connectivity index (χ1n) is 8.39. The maximum absolute atomic E-state index is 12.6. The number of allylic oxidation sites excluding steroid dienone is 2. The number of pyridine rings is 1. The number of fused-ring (bicyclic) bond motifs is 1. The minimum Gasteiger partial charge on any atom is -0.311 e. The Morgan fingerprint density at radius 1 is 1.12 bits per heavy atom. The molecule has 2 heterocycles. The van der Waals surface area contributed by atoms with Crippen LogP contribution in [-0.4, -0.2) is 34.2 Å². The summed E-state index contributed by atoms with van der Waals surface area (Å²) in [6, 6.07) is 5.24. The number of aromatic nitrogens is 1. The van der Waals surface area contributed by atoms with E-state index in [1.807, 2.05) is 0 Å². The van der Waals surface area contributed by atoms with Crippen LogP contribution in [0.2, 0.25) is 0 Å². The predicted octanol–water partition coefficient (Wildman–Crippen LogP) is 1.61. The Kier molecular flexibility index (Phi) is 3.67. The summed E-state index contributed by atoms with van der Waals surface area (Å²) >= 11 is 0. The second-order valence-electron chi connectivity index (χ2n) is 6.68. The third-order valence-electron chi connectivity index (χ3n) is 5.35. The Morgan fingerprint density at radius 3 is 2.33 bits per heavy atom. The summed E-state index contributed by atoms with van der Waals surface area (Å²) < 4.78 is 0. The molecule has 0 aromatic carbocycles. The molecule has 4 unspecified atom stereocenters. The number of imide groups is 1. The van der Waals surface area contributed by atoms with E-state index in [0.717, 1.165) is 12.8 Å². The predicted molar refractivity (Wildman–Crippen MR) is 86.5 cm³/mol. The van der Waals surface area contributed by atoms with Gasteiger partial charge in [0.25, 0.3) is 0 Å². The Labute approximate surface area is 139 Å². The van der Waals surface area contributed by atoms with Crippen molar-refractivity contribution in [2.24, 2.45) is 23.7 Å². The minimum absolute atomic E-state index is 0.0935. The molecular formula is C18H19N3O3. The van der Waals surface area contributed by atoms with Crippen molar-refractivity contribution in [2.45, 2.75) is 19.3 Å². The van der Waals surface area contributed by atoms with Crippen LogP contribution in [0.3, 0.4) is 0 Å². The molecule has 2 bridgehead atoms. The lowest BCUT2D eigenvalue weighted by atomic mass is 9.63. The zero-order chi connectivity index (χ0) is 16.7. The zero-order valence-corrected chi connectivity index (χ0v) is 13.2. The number of carbonyl (C=O) groups is 3. The first-order chi connectivity index (χ1) is 11.6. The lowest BCUT2D eigenvalue weighted by molar-refractivity contribution is -0.140. The molecule has 1 saturated carbocycles. The molecule has 0 spiro atoms. The lowest BCUT2D eigenvalue weighted by Crippen LogP contribution is -2.38. The van der Waals surface area contributed by atoms with Crippen LogP contribution >= 0.6 is 0 Å². The molecule has 1 aromatic rings. The molecule has 1 aliphatic heterocycles. The van der Waals surface area contributed by atoms with Crippen LogP contribution in [0.4, 0.5) is 5.82 Å². The van der Waals surface area contributed by atoms with Crippen molar-refractivity contribution in [3.05, 3.63) is 36.5 Å². The van der Waals surface area contributed by atoms with Gasteiger partial charge < -0.3 is 5.32 Å². The maximum Gasteiger partial charge on any atom is 0.233 e. The molecule has 24 heavy (non-hydrogen) atoms. The van der Waals surface area contributed by atoms with Gasteiger partial charge in [-0.2, -0.15) is 0 Å². The van der Waals surface area contributed by atoms with E-state index in [2.05, 4.69) is 22.5 Å². The molecule has 1 aromatic heterocycles. The molecule has 1 N–H and O–H groups in total. The van der Waals surface area contributed by atoms with Crippen LogP contribution in [0.1, 0.15) is 19.3 Å². The normalized spacial score (nSPS) is 30.6. The highest BCUT2D eigenvalue weighted by atomic mass is 16.2. The SMILES string of the molecule is O=C(CCN1C(=O)C2C3C=CC(CC3)C2C1=O)Nc1ccccn1. The summed E-state index contributed by atoms with van der Waals surface area (Å²) in [5.74, 6) is -0.0278. The Balaban J connectivity index is 1.40. The fraction of sp³-hybridized carbons (Fsp3) is 0.444. The van der Waals surface area contributed by atoms with Crippen LogP contribution < -0.4 is 5.32 Å². The molecule has 0 radical (unpaired) electrons. The van der Waals surface area contributed by atoms with Gasteiger partial charge in [-0.3, -0.25) is 19.3 Å². The van der Waals surface area contributed by atoms with Crippen molar-refractivity contribution < 1.29 is 14.4 Å². The van der Waals surface area contributed by atoms with Crippen LogP contribution in [0, 0.1) is 23.7 Å². The Bertz CT molecular complexity index is 683. The summed E-state index contributed by atoms with van der Waals surface area (Å²) in [4.78, 5) is 42.6. The number of hydrogen-bond acceptors (Lipinski definition) is 4. The van der Waals surface area contributed by atoms with Crippen LogP contribution in [0.25, 0.3) is 0 Å². The first-order valence-corrected chi connectivity index (χ1v) is 8.39. The number of nitrogens with one attached hydrogen (secondary N) is 1. The van der Waals surface area contributed by atoms with Gasteiger partial charge in [-0.1, -0.05) is 18.2 Å². The van der Waals surface area contributed by atoms with Crippen molar-refractivity contribution in [1.82, 2.24) is 9.88 Å². The van der Waals surface area contributed by atoms with E-state index in [9.17, 15) is 14.4 Å². The van der Waals surface area contributed by atoms with Gasteiger partial charge in [0.2, 0.25) is 17.7 Å². The second-order valence-corrected chi connectivity index (χ2v) is 6.68. The third kappa shape index (κ3) is 2.42. The molecular weight excluding hydrogens is 306 g/mol. The number of anilines is 1. The molecule has 3 aliphatic carbocycles. The summed E-state index contributed by atoms with van der Waals surface area (Å²) in [7, 11) is 0. The molecule has 6 heteroatoms. The number of amides is 3. The van der Waals surface area contributed by atoms with Crippen molar-refractivity contribution in [3.8, 4) is 0 Å². The number of rotatable bonds is 4. The zero-order valence-electron chi connectivity index (χ0n) is 13.2. The molecule has 6 nitrogen and oxygen atoms in total. The molecule has 2 fully saturated rings. The molecule has 5 rings (SSSR count). The number of likely N-dealkylation sites (tertiary alicyclic amines) is 1. The maximum atomic E-state index is 12.6. The van der Waals surface area contributed by atoms with Gasteiger partial charge in [0, 0.05) is 19.2 Å². The van der Waals surface area contributed by atoms with Crippen molar-refractivity contribution in [1.29, 1.82) is 0 Å². The van der Waals surface area contributed by atoms with E-state index in [0.29, 0.717) is 5.82 Å². The van der Waals surface area contributed by atoms with Gasteiger partial charge in [-0.05, 0) is 36.8 Å². The topological polar surface area (TPSA) is 79.4 Å². The van der Waals surface area contributed by atoms with E-state index in [-0.39, 0.29) is 54.4 Å². The van der Waals surface area contributed by atoms with E-state index >= 15 is 0 Å². The van der Waals surface area contributed by atoms with Crippen molar-refractivity contribution >= 4 is 23.5 Å². The molecule has 4 atom stereocenters. The number of hydrogen-bond donors (Lipinski definition) is 1. The summed E-state index contributed by atoms with van der Waals surface area (Å²) in [5.41, 5.74) is 0. The van der Waals surface area contributed by atoms with Crippen molar-refractivity contribution in [2.75, 3.05) is 11.9 Å². The quantitative estimate of drug-likeness (QED) is 0.674. The number of nitrogens with zero attached hydrogens (tertiary/aromatic N) is 2. The molecule has 1 saturated heterocycles. The third-order valence-corrected chi connectivity index (χ3v) is 5.35. The van der Waals surface area contributed by atoms with Gasteiger partial charge in [0.1, 0.15) is 5.82 Å². The average molecular weight is 325 g/mol. The van der Waals surface area contributed by atoms with Crippen LogP contribution in [-0.2, 0) is 14.4 Å². The highest BCUT2D eigenvalue weighted by Gasteiger charge is 2.56. The van der Waals surface area contributed by atoms with Gasteiger partial charge in [-0.15, -0.1) is 0 Å². The average Bonchev–Trinajstić information content (AvgIpc) is 2.88. The highest BCUT2D eigenvalue weighted by Crippen LogP contribution is 2.49. The van der Waals surface area contributed by atoms with Gasteiger partial charge in [-0.25, -0.2) is 4.98 Å². The van der Waals surface area contributed by atoms with Gasteiger partial charge in [0.05, 0.1) is 11.8 Å². The first kappa shape index (κ1) is 15.1. The van der Waals surface area contributed by atoms with E-state index < -0.39 is 0 Å². The van der Waals surface area contributed by atoms with E-state index in [1.54, 1.807) is 24.4 Å². The monoisotopic (exact) mass is 325 g/mol. The largest absolute Gasteiger partial charge is 0.311 e. The smallest absolute Gasteiger partial charge is 0.233 e. The number of carbonyl (C=O) groups excluding carboxylic acids is 3. The highest BCUT2D eigenvalue weighted by molar-refractivity contribution is 6.06.